The van der Waals surface area contributed by atoms with Gasteiger partial charge in [-0.25, -0.2) is 4.57 Å². The number of benzene rings is 2. The Morgan fingerprint density at radius 2 is 1.18 bits per heavy atom. The van der Waals surface area contributed by atoms with E-state index in [1.54, 1.807) is 36.4 Å². The molecule has 184 valence electrons. The van der Waals surface area contributed by atoms with Gasteiger partial charge in [0, 0.05) is 6.61 Å². The van der Waals surface area contributed by atoms with Crippen molar-refractivity contribution in [1.82, 2.24) is 0 Å². The predicted octanol–water partition coefficient (Wildman–Crippen LogP) is 8.52. The van der Waals surface area contributed by atoms with Crippen molar-refractivity contribution < 1.29 is 22.9 Å². The number of phosphoric acid groups is 1. The molecule has 1 unspecified atom stereocenters. The number of hydrogen-bond acceptors (Lipinski definition) is 5. The van der Waals surface area contributed by atoms with Crippen molar-refractivity contribution >= 4 is 7.82 Å². The monoisotopic (exact) mass is 476 g/mol. The van der Waals surface area contributed by atoms with Crippen molar-refractivity contribution in [2.24, 2.45) is 0 Å². The maximum Gasteiger partial charge on any atom is 0.587 e. The summed E-state index contributed by atoms with van der Waals surface area (Å²) in [7, 11) is -3.84. The van der Waals surface area contributed by atoms with Crippen LogP contribution in [0.2, 0.25) is 0 Å². The van der Waals surface area contributed by atoms with E-state index in [1.807, 2.05) is 25.1 Å². The number of unbranched alkanes of at least 4 members (excludes halogenated alkanes) is 9. The number of hydrogen-bond donors (Lipinski definition) is 0. The normalized spacial score (nSPS) is 12.9. The first-order chi connectivity index (χ1) is 16.1. The molecular formula is C27H41O5P. The minimum Gasteiger partial charge on any atom is -0.395 e. The van der Waals surface area contributed by atoms with Gasteiger partial charge in [-0.3, -0.25) is 4.52 Å². The Bertz CT molecular complexity index is 779. The molecule has 33 heavy (non-hydrogen) atoms. The molecule has 1 atom stereocenters. The van der Waals surface area contributed by atoms with Crippen molar-refractivity contribution in [3.8, 4) is 11.5 Å². The zero-order valence-electron chi connectivity index (χ0n) is 20.4. The summed E-state index contributed by atoms with van der Waals surface area (Å²) in [6, 6.07) is 16.2. The average Bonchev–Trinajstić information content (AvgIpc) is 2.81. The van der Waals surface area contributed by atoms with E-state index >= 15 is 0 Å². The molecule has 0 aliphatic carbocycles. The summed E-state index contributed by atoms with van der Waals surface area (Å²) in [5, 5.41) is 0. The number of phosphoric ester groups is 1. The van der Waals surface area contributed by atoms with Crippen molar-refractivity contribution in [3.05, 3.63) is 60.2 Å². The van der Waals surface area contributed by atoms with Gasteiger partial charge in [-0.2, -0.15) is 0 Å². The lowest BCUT2D eigenvalue weighted by molar-refractivity contribution is 0.0857. The largest absolute Gasteiger partial charge is 0.587 e. The molecule has 0 fully saturated rings. The molecule has 0 aliphatic rings. The number of rotatable bonds is 19. The highest BCUT2D eigenvalue weighted by molar-refractivity contribution is 7.49. The molecule has 2 aromatic carbocycles. The fourth-order valence-corrected chi connectivity index (χ4v) is 4.61. The lowest BCUT2D eigenvalue weighted by Gasteiger charge is -2.19. The maximum atomic E-state index is 13.2. The molecule has 2 rings (SSSR count). The van der Waals surface area contributed by atoms with Gasteiger partial charge in [-0.1, -0.05) is 101 Å². The van der Waals surface area contributed by atoms with Crippen molar-refractivity contribution in [2.45, 2.75) is 78.1 Å². The van der Waals surface area contributed by atoms with Gasteiger partial charge in [0.1, 0.15) is 11.5 Å². The smallest absolute Gasteiger partial charge is 0.395 e. The molecule has 0 aromatic heterocycles. The third kappa shape index (κ3) is 12.9. The van der Waals surface area contributed by atoms with Gasteiger partial charge in [0.2, 0.25) is 0 Å². The predicted molar refractivity (Wildman–Crippen MR) is 135 cm³/mol. The second kappa shape index (κ2) is 16.7. The molecule has 0 amide bonds. The van der Waals surface area contributed by atoms with Crippen molar-refractivity contribution in [1.29, 1.82) is 0 Å². The van der Waals surface area contributed by atoms with E-state index in [9.17, 15) is 4.57 Å². The maximum absolute atomic E-state index is 13.2. The Morgan fingerprint density at radius 1 is 0.636 bits per heavy atom. The summed E-state index contributed by atoms with van der Waals surface area (Å²) < 4.78 is 35.7. The van der Waals surface area contributed by atoms with Gasteiger partial charge < -0.3 is 13.8 Å². The van der Waals surface area contributed by atoms with Crippen LogP contribution in [0.15, 0.2) is 54.6 Å². The first kappa shape index (κ1) is 27.4. The van der Waals surface area contributed by atoms with Crippen LogP contribution >= 0.6 is 7.82 Å². The summed E-state index contributed by atoms with van der Waals surface area (Å²) >= 11 is 0. The van der Waals surface area contributed by atoms with Crippen molar-refractivity contribution in [2.75, 3.05) is 19.8 Å². The van der Waals surface area contributed by atoms with E-state index in [2.05, 4.69) is 6.92 Å². The third-order valence-electron chi connectivity index (χ3n) is 5.32. The second-order valence-corrected chi connectivity index (χ2v) is 9.90. The van der Waals surface area contributed by atoms with Crippen LogP contribution in [0.1, 0.15) is 76.7 Å². The minimum atomic E-state index is -3.84. The molecular weight excluding hydrogens is 435 g/mol. The first-order valence-corrected chi connectivity index (χ1v) is 13.9. The summed E-state index contributed by atoms with van der Waals surface area (Å²) in [5.74, 6) is 0.866. The summed E-state index contributed by atoms with van der Waals surface area (Å²) in [6.45, 7) is 5.39. The van der Waals surface area contributed by atoms with Gasteiger partial charge in [0.25, 0.3) is 0 Å². The highest BCUT2D eigenvalue weighted by Gasteiger charge is 2.30. The summed E-state index contributed by atoms with van der Waals surface area (Å²) in [4.78, 5) is 0. The van der Waals surface area contributed by atoms with E-state index in [1.165, 1.54) is 57.8 Å². The Balaban J connectivity index is 1.63. The van der Waals surface area contributed by atoms with Crippen LogP contribution in [-0.2, 0) is 13.8 Å². The van der Waals surface area contributed by atoms with Gasteiger partial charge >= 0.3 is 7.82 Å². The first-order valence-electron chi connectivity index (χ1n) is 12.4. The fraction of sp³-hybridized carbons (Fsp3) is 0.556. The van der Waals surface area contributed by atoms with E-state index in [-0.39, 0.29) is 6.61 Å². The molecule has 0 bridgehead atoms. The van der Waals surface area contributed by atoms with Crippen LogP contribution in [0.3, 0.4) is 0 Å². The van der Waals surface area contributed by atoms with Crippen LogP contribution < -0.4 is 9.05 Å². The SMILES string of the molecule is CCCCCCCCCCCCOCCOP(=O)(Oc1ccccc1)Oc1ccc(C)cc1. The minimum absolute atomic E-state index is 0.133. The highest BCUT2D eigenvalue weighted by atomic mass is 31.2. The number of ether oxygens (including phenoxy) is 1. The number of para-hydroxylation sites is 1. The van der Waals surface area contributed by atoms with Gasteiger partial charge in [-0.15, -0.1) is 0 Å². The standard InChI is InChI=1S/C27H41O5P/c1-3-4-5-6-7-8-9-10-11-15-22-29-23-24-30-33(28,31-26-16-13-12-14-17-26)32-27-20-18-25(2)19-21-27/h12-14,16-21H,3-11,15,22-24H2,1-2H3. The highest BCUT2D eigenvalue weighted by Crippen LogP contribution is 2.49. The van der Waals surface area contributed by atoms with Gasteiger partial charge in [0.15, 0.2) is 0 Å². The van der Waals surface area contributed by atoms with E-state index in [0.29, 0.717) is 24.7 Å². The lowest BCUT2D eigenvalue weighted by Crippen LogP contribution is -2.10. The molecule has 0 heterocycles. The van der Waals surface area contributed by atoms with E-state index in [4.69, 9.17) is 18.3 Å². The van der Waals surface area contributed by atoms with Crippen LogP contribution in [-0.4, -0.2) is 19.8 Å². The molecule has 0 N–H and O–H groups in total. The van der Waals surface area contributed by atoms with Crippen LogP contribution in [0.5, 0.6) is 11.5 Å². The molecule has 2 aromatic rings. The molecule has 6 heteroatoms. The quantitative estimate of drug-likeness (QED) is 0.150. The summed E-state index contributed by atoms with van der Waals surface area (Å²) in [6.07, 6.45) is 12.9. The molecule has 0 spiro atoms. The van der Waals surface area contributed by atoms with E-state index in [0.717, 1.165) is 12.0 Å². The Morgan fingerprint density at radius 3 is 1.79 bits per heavy atom. The van der Waals surface area contributed by atoms with Crippen LogP contribution in [0, 0.1) is 6.92 Å². The average molecular weight is 477 g/mol. The van der Waals surface area contributed by atoms with Crippen molar-refractivity contribution in [3.63, 3.8) is 0 Å². The molecule has 0 aliphatic heterocycles. The Hall–Kier alpha value is -1.81. The zero-order chi connectivity index (χ0) is 23.6. The number of aryl methyl sites for hydroxylation is 1. The molecule has 0 saturated heterocycles. The molecule has 5 nitrogen and oxygen atoms in total. The van der Waals surface area contributed by atoms with Crippen LogP contribution in [0.25, 0.3) is 0 Å². The molecule has 0 radical (unpaired) electrons. The third-order valence-corrected chi connectivity index (χ3v) is 6.69. The van der Waals surface area contributed by atoms with E-state index < -0.39 is 7.82 Å². The Kier molecular flexibility index (Phi) is 13.9. The topological polar surface area (TPSA) is 54.0 Å². The van der Waals surface area contributed by atoms with Gasteiger partial charge in [0.05, 0.1) is 13.2 Å². The van der Waals surface area contributed by atoms with Crippen LogP contribution in [0.4, 0.5) is 0 Å². The second-order valence-electron chi connectivity index (χ2n) is 8.38. The van der Waals surface area contributed by atoms with Gasteiger partial charge in [-0.05, 0) is 37.6 Å². The zero-order valence-corrected chi connectivity index (χ0v) is 21.3. The fourth-order valence-electron chi connectivity index (χ4n) is 3.41. The lowest BCUT2D eigenvalue weighted by atomic mass is 10.1. The summed E-state index contributed by atoms with van der Waals surface area (Å²) in [5.41, 5.74) is 1.09. The molecule has 0 saturated carbocycles. The Labute approximate surface area is 200 Å².